The number of ether oxygens (including phenoxy) is 1. The Morgan fingerprint density at radius 2 is 2.11 bits per heavy atom. The Bertz CT molecular complexity index is 421. The number of carboxylic acid groups (broad SMARTS) is 1. The average molecular weight is 280 g/mol. The molecule has 104 valence electrons. The lowest BCUT2D eigenvalue weighted by atomic mass is 10.1. The van der Waals surface area contributed by atoms with Gasteiger partial charge < -0.3 is 9.84 Å². The molecular weight excluding hydrogens is 264 g/mol. The first-order valence-corrected chi connectivity index (χ1v) is 6.88. The van der Waals surface area contributed by atoms with Gasteiger partial charge in [0, 0.05) is 6.54 Å². The van der Waals surface area contributed by atoms with Crippen molar-refractivity contribution in [3.8, 4) is 0 Å². The van der Waals surface area contributed by atoms with Crippen LogP contribution in [0.15, 0.2) is 0 Å². The molecule has 1 fully saturated rings. The normalized spacial score (nSPS) is 21.5. The predicted molar refractivity (Wildman–Crippen MR) is 60.9 cm³/mol. The van der Waals surface area contributed by atoms with Crippen LogP contribution in [-0.4, -0.2) is 56.0 Å². The van der Waals surface area contributed by atoms with Crippen LogP contribution in [0, 0.1) is 0 Å². The van der Waals surface area contributed by atoms with Crippen LogP contribution in [0.5, 0.6) is 0 Å². The third-order valence-electron chi connectivity index (χ3n) is 2.67. The second-order valence-corrected chi connectivity index (χ2v) is 5.57. The third-order valence-corrected chi connectivity index (χ3v) is 4.24. The fraction of sp³-hybridized carbons (Fsp3) is 0.778. The molecule has 0 aromatic heterocycles. The molecule has 1 heterocycles. The fourth-order valence-corrected chi connectivity index (χ4v) is 3.11. The number of carbonyl (C=O) groups excluding carboxylic acids is 1. The van der Waals surface area contributed by atoms with Gasteiger partial charge in [-0.3, -0.25) is 9.59 Å². The summed E-state index contributed by atoms with van der Waals surface area (Å²) >= 11 is 0. The van der Waals surface area contributed by atoms with E-state index < -0.39 is 34.7 Å². The molecule has 0 bridgehead atoms. The van der Waals surface area contributed by atoms with Gasteiger partial charge in [0.15, 0.2) is 0 Å². The molecule has 8 nitrogen and oxygen atoms in total. The van der Waals surface area contributed by atoms with E-state index in [1.165, 1.54) is 0 Å². The number of carboxylic acids is 1. The van der Waals surface area contributed by atoms with Crippen molar-refractivity contribution in [2.75, 3.05) is 20.2 Å². The molecule has 2 N–H and O–H groups in total. The SMILES string of the molecule is COC(=O)CNS(=O)(=O)N1CCCCC1C(=O)O. The van der Waals surface area contributed by atoms with Gasteiger partial charge in [0.2, 0.25) is 0 Å². The van der Waals surface area contributed by atoms with Crippen molar-refractivity contribution in [2.24, 2.45) is 0 Å². The quantitative estimate of drug-likeness (QED) is 0.620. The molecule has 1 rings (SSSR count). The molecule has 0 aromatic carbocycles. The van der Waals surface area contributed by atoms with E-state index in [1.54, 1.807) is 0 Å². The van der Waals surface area contributed by atoms with Crippen molar-refractivity contribution in [3.63, 3.8) is 0 Å². The molecule has 1 saturated heterocycles. The molecule has 0 saturated carbocycles. The summed E-state index contributed by atoms with van der Waals surface area (Å²) in [5, 5.41) is 8.97. The van der Waals surface area contributed by atoms with Crippen LogP contribution in [0.2, 0.25) is 0 Å². The number of methoxy groups -OCH3 is 1. The highest BCUT2D eigenvalue weighted by Crippen LogP contribution is 2.19. The van der Waals surface area contributed by atoms with Gasteiger partial charge in [-0.2, -0.15) is 17.4 Å². The minimum Gasteiger partial charge on any atom is -0.480 e. The number of aliphatic carboxylic acids is 1. The molecule has 9 heteroatoms. The largest absolute Gasteiger partial charge is 0.480 e. The first kappa shape index (κ1) is 14.9. The van der Waals surface area contributed by atoms with Crippen LogP contribution in [0.1, 0.15) is 19.3 Å². The lowest BCUT2D eigenvalue weighted by molar-refractivity contribution is -0.142. The van der Waals surface area contributed by atoms with E-state index in [9.17, 15) is 18.0 Å². The number of esters is 1. The van der Waals surface area contributed by atoms with Crippen LogP contribution in [0.3, 0.4) is 0 Å². The number of hydrogen-bond acceptors (Lipinski definition) is 5. The molecule has 1 unspecified atom stereocenters. The molecule has 0 aliphatic carbocycles. The zero-order valence-corrected chi connectivity index (χ0v) is 10.8. The maximum Gasteiger partial charge on any atom is 0.322 e. The Morgan fingerprint density at radius 1 is 1.44 bits per heavy atom. The molecule has 1 aliphatic rings. The van der Waals surface area contributed by atoms with Gasteiger partial charge in [0.25, 0.3) is 10.2 Å². The molecule has 18 heavy (non-hydrogen) atoms. The van der Waals surface area contributed by atoms with Gasteiger partial charge >= 0.3 is 11.9 Å². The highest BCUT2D eigenvalue weighted by molar-refractivity contribution is 7.87. The van der Waals surface area contributed by atoms with Crippen molar-refractivity contribution >= 4 is 22.1 Å². The Balaban J connectivity index is 2.75. The average Bonchev–Trinajstić information content (AvgIpc) is 2.36. The van der Waals surface area contributed by atoms with E-state index >= 15 is 0 Å². The van der Waals surface area contributed by atoms with Crippen molar-refractivity contribution in [1.82, 2.24) is 9.03 Å². The van der Waals surface area contributed by atoms with E-state index in [1.807, 2.05) is 4.72 Å². The van der Waals surface area contributed by atoms with E-state index in [2.05, 4.69) is 4.74 Å². The molecule has 0 amide bonds. The number of nitrogens with one attached hydrogen (secondary N) is 1. The van der Waals surface area contributed by atoms with Crippen LogP contribution in [0.25, 0.3) is 0 Å². The van der Waals surface area contributed by atoms with E-state index in [4.69, 9.17) is 5.11 Å². The number of rotatable bonds is 5. The summed E-state index contributed by atoms with van der Waals surface area (Å²) in [5.74, 6) is -1.92. The van der Waals surface area contributed by atoms with Crippen molar-refractivity contribution < 1.29 is 27.9 Å². The summed E-state index contributed by atoms with van der Waals surface area (Å²) in [6, 6.07) is -1.08. The van der Waals surface area contributed by atoms with Gasteiger partial charge in [-0.05, 0) is 19.3 Å². The van der Waals surface area contributed by atoms with Crippen LogP contribution >= 0.6 is 0 Å². The van der Waals surface area contributed by atoms with Gasteiger partial charge in [-0.15, -0.1) is 0 Å². The fourth-order valence-electron chi connectivity index (χ4n) is 1.74. The zero-order valence-electron chi connectivity index (χ0n) is 9.96. The summed E-state index contributed by atoms with van der Waals surface area (Å²) < 4.78 is 30.9. The van der Waals surface area contributed by atoms with Crippen molar-refractivity contribution in [1.29, 1.82) is 0 Å². The third kappa shape index (κ3) is 3.65. The van der Waals surface area contributed by atoms with Crippen LogP contribution < -0.4 is 4.72 Å². The summed E-state index contributed by atoms with van der Waals surface area (Å²) in [6.45, 7) is -0.380. The molecule has 1 aliphatic heterocycles. The highest BCUT2D eigenvalue weighted by Gasteiger charge is 2.36. The molecule has 0 radical (unpaired) electrons. The summed E-state index contributed by atoms with van der Waals surface area (Å²) in [4.78, 5) is 21.9. The van der Waals surface area contributed by atoms with Crippen molar-refractivity contribution in [3.05, 3.63) is 0 Å². The smallest absolute Gasteiger partial charge is 0.322 e. The zero-order chi connectivity index (χ0) is 13.8. The topological polar surface area (TPSA) is 113 Å². The number of carbonyl (C=O) groups is 2. The summed E-state index contributed by atoms with van der Waals surface area (Å²) in [5.41, 5.74) is 0. The highest BCUT2D eigenvalue weighted by atomic mass is 32.2. The summed E-state index contributed by atoms with van der Waals surface area (Å²) in [7, 11) is -2.84. The first-order chi connectivity index (χ1) is 8.38. The monoisotopic (exact) mass is 280 g/mol. The lowest BCUT2D eigenvalue weighted by Gasteiger charge is -2.31. The number of nitrogens with zero attached hydrogens (tertiary/aromatic N) is 1. The first-order valence-electron chi connectivity index (χ1n) is 5.44. The Kier molecular flexibility index (Phi) is 5.05. The van der Waals surface area contributed by atoms with E-state index in [0.29, 0.717) is 12.8 Å². The van der Waals surface area contributed by atoms with Gasteiger partial charge in [-0.1, -0.05) is 0 Å². The van der Waals surface area contributed by atoms with E-state index in [-0.39, 0.29) is 13.0 Å². The Hall–Kier alpha value is -1.19. The molecule has 1 atom stereocenters. The maximum atomic E-state index is 11.9. The molecule has 0 spiro atoms. The van der Waals surface area contributed by atoms with Crippen molar-refractivity contribution in [2.45, 2.75) is 25.3 Å². The molecule has 0 aromatic rings. The summed E-state index contributed by atoms with van der Waals surface area (Å²) in [6.07, 6.45) is 1.54. The van der Waals surface area contributed by atoms with Gasteiger partial charge in [0.05, 0.1) is 7.11 Å². The van der Waals surface area contributed by atoms with Gasteiger partial charge in [-0.25, -0.2) is 0 Å². The number of hydrogen-bond donors (Lipinski definition) is 2. The Labute approximate surface area is 105 Å². The standard InChI is InChI=1S/C9H16N2O6S/c1-17-8(12)6-10-18(15,16)11-5-3-2-4-7(11)9(13)14/h7,10H,2-6H2,1H3,(H,13,14). The minimum absolute atomic E-state index is 0.132. The Morgan fingerprint density at radius 3 is 2.67 bits per heavy atom. The predicted octanol–water partition coefficient (Wildman–Crippen LogP) is -1.07. The van der Waals surface area contributed by atoms with Crippen LogP contribution in [0.4, 0.5) is 0 Å². The number of piperidine rings is 1. The van der Waals surface area contributed by atoms with Crippen LogP contribution in [-0.2, 0) is 24.5 Å². The molecular formula is C9H16N2O6S. The second kappa shape index (κ2) is 6.12. The minimum atomic E-state index is -3.98. The van der Waals surface area contributed by atoms with E-state index in [0.717, 1.165) is 11.4 Å². The maximum absolute atomic E-state index is 11.9. The lowest BCUT2D eigenvalue weighted by Crippen LogP contribution is -2.52. The van der Waals surface area contributed by atoms with Gasteiger partial charge in [0.1, 0.15) is 12.6 Å². The second-order valence-electron chi connectivity index (χ2n) is 3.86.